The zero-order chi connectivity index (χ0) is 21.5. The van der Waals surface area contributed by atoms with Crippen LogP contribution in [0.1, 0.15) is 151 Å². The number of hydrogen-bond donors (Lipinski definition) is 0. The van der Waals surface area contributed by atoms with Crippen molar-refractivity contribution in [2.75, 3.05) is 0 Å². The number of allylic oxidation sites excluding steroid dienone is 2. The van der Waals surface area contributed by atoms with Crippen LogP contribution in [0.5, 0.6) is 0 Å². The van der Waals surface area contributed by atoms with Gasteiger partial charge in [-0.3, -0.25) is 0 Å². The van der Waals surface area contributed by atoms with Crippen LogP contribution in [0.15, 0.2) is 11.1 Å². The van der Waals surface area contributed by atoms with Crippen LogP contribution < -0.4 is 0 Å². The average Bonchev–Trinajstić information content (AvgIpc) is 3.11. The molecule has 0 saturated heterocycles. The summed E-state index contributed by atoms with van der Waals surface area (Å²) in [6, 6.07) is 0. The summed E-state index contributed by atoms with van der Waals surface area (Å²) >= 11 is 0. The predicted molar refractivity (Wildman–Crippen MR) is 134 cm³/mol. The molecule has 0 amide bonds. The summed E-state index contributed by atoms with van der Waals surface area (Å²) in [5.41, 5.74) is 3.90. The minimum absolute atomic E-state index is 0.922. The van der Waals surface area contributed by atoms with E-state index in [1.165, 1.54) is 109 Å². The summed E-state index contributed by atoms with van der Waals surface area (Å²) in [5, 5.41) is 0. The van der Waals surface area contributed by atoms with Gasteiger partial charge in [0.05, 0.1) is 0 Å². The zero-order valence-corrected chi connectivity index (χ0v) is 21.3. The van der Waals surface area contributed by atoms with E-state index in [2.05, 4.69) is 41.5 Å². The van der Waals surface area contributed by atoms with Crippen molar-refractivity contribution >= 4 is 0 Å². The van der Waals surface area contributed by atoms with Gasteiger partial charge < -0.3 is 0 Å². The molecule has 0 bridgehead atoms. The third-order valence-electron chi connectivity index (χ3n) is 8.03. The molecule has 0 N–H and O–H groups in total. The van der Waals surface area contributed by atoms with Gasteiger partial charge in [0.25, 0.3) is 0 Å². The van der Waals surface area contributed by atoms with Gasteiger partial charge in [-0.05, 0) is 55.8 Å². The average molecular weight is 405 g/mol. The monoisotopic (exact) mass is 404 g/mol. The third kappa shape index (κ3) is 10.1. The molecule has 4 atom stereocenters. The van der Waals surface area contributed by atoms with Crippen molar-refractivity contribution in [3.63, 3.8) is 0 Å². The molecule has 0 aromatic heterocycles. The Bertz CT molecular complexity index is 418. The van der Waals surface area contributed by atoms with Gasteiger partial charge in [-0.15, -0.1) is 0 Å². The number of rotatable bonds is 18. The normalized spacial score (nSPS) is 20.3. The minimum atomic E-state index is 0.922. The smallest absolute Gasteiger partial charge is 0.0195 e. The summed E-state index contributed by atoms with van der Waals surface area (Å²) in [6.45, 7) is 14.4. The van der Waals surface area contributed by atoms with E-state index >= 15 is 0 Å². The van der Waals surface area contributed by atoms with Crippen molar-refractivity contribution in [1.82, 2.24) is 0 Å². The van der Waals surface area contributed by atoms with Crippen molar-refractivity contribution in [2.45, 2.75) is 151 Å². The lowest BCUT2D eigenvalue weighted by atomic mass is 9.80. The maximum atomic E-state index is 2.44. The van der Waals surface area contributed by atoms with Crippen LogP contribution in [0, 0.1) is 23.7 Å². The molecule has 0 fully saturated rings. The highest BCUT2D eigenvalue weighted by molar-refractivity contribution is 5.24. The van der Waals surface area contributed by atoms with Crippen LogP contribution in [0.3, 0.4) is 0 Å². The predicted octanol–water partition coefficient (Wildman–Crippen LogP) is 10.5. The molecule has 1 aliphatic carbocycles. The number of hydrogen-bond acceptors (Lipinski definition) is 0. The Hall–Kier alpha value is -0.260. The van der Waals surface area contributed by atoms with Gasteiger partial charge in [0.1, 0.15) is 0 Å². The van der Waals surface area contributed by atoms with E-state index in [1.807, 2.05) is 11.1 Å². The largest absolute Gasteiger partial charge is 0.0704 e. The molecule has 1 rings (SSSR count). The topological polar surface area (TPSA) is 0 Å². The number of unbranched alkanes of at least 4 members (excludes halogenated alkanes) is 3. The molecule has 0 aromatic carbocycles. The van der Waals surface area contributed by atoms with Crippen molar-refractivity contribution in [3.8, 4) is 0 Å². The first-order valence-electron chi connectivity index (χ1n) is 13.8. The Morgan fingerprint density at radius 3 is 1.62 bits per heavy atom. The van der Waals surface area contributed by atoms with Crippen molar-refractivity contribution in [3.05, 3.63) is 11.1 Å². The van der Waals surface area contributed by atoms with Crippen LogP contribution >= 0.6 is 0 Å². The van der Waals surface area contributed by atoms with E-state index in [0.29, 0.717) is 0 Å². The van der Waals surface area contributed by atoms with Gasteiger partial charge in [0.15, 0.2) is 0 Å². The minimum Gasteiger partial charge on any atom is -0.0704 e. The van der Waals surface area contributed by atoms with E-state index in [-0.39, 0.29) is 0 Å². The molecule has 29 heavy (non-hydrogen) atoms. The summed E-state index contributed by atoms with van der Waals surface area (Å²) in [6.07, 6.45) is 24.1. The van der Waals surface area contributed by atoms with E-state index in [0.717, 1.165) is 23.7 Å². The molecule has 0 saturated carbocycles. The van der Waals surface area contributed by atoms with Gasteiger partial charge >= 0.3 is 0 Å². The molecule has 172 valence electrons. The Labute approximate surface area is 185 Å². The summed E-state index contributed by atoms with van der Waals surface area (Å²) in [5.74, 6) is 3.77. The molecule has 1 aliphatic rings. The van der Waals surface area contributed by atoms with Crippen LogP contribution in [0.4, 0.5) is 0 Å². The van der Waals surface area contributed by atoms with Crippen molar-refractivity contribution < 1.29 is 0 Å². The van der Waals surface area contributed by atoms with Gasteiger partial charge in [-0.1, -0.05) is 130 Å². The highest BCUT2D eigenvalue weighted by Crippen LogP contribution is 2.44. The molecule has 0 spiro atoms. The van der Waals surface area contributed by atoms with Crippen molar-refractivity contribution in [1.29, 1.82) is 0 Å². The molecule has 0 aromatic rings. The Morgan fingerprint density at radius 1 is 0.655 bits per heavy atom. The molecular weight excluding hydrogens is 348 g/mol. The lowest BCUT2D eigenvalue weighted by Gasteiger charge is -2.26. The zero-order valence-electron chi connectivity index (χ0n) is 21.3. The van der Waals surface area contributed by atoms with E-state index in [1.54, 1.807) is 0 Å². The van der Waals surface area contributed by atoms with E-state index in [9.17, 15) is 0 Å². The van der Waals surface area contributed by atoms with Crippen LogP contribution in [-0.4, -0.2) is 0 Å². The van der Waals surface area contributed by atoms with E-state index < -0.39 is 0 Å². The second-order valence-corrected chi connectivity index (χ2v) is 10.3. The highest BCUT2D eigenvalue weighted by Gasteiger charge is 2.29. The molecule has 0 radical (unpaired) electrons. The molecule has 4 unspecified atom stereocenters. The Balaban J connectivity index is 2.93. The lowest BCUT2D eigenvalue weighted by molar-refractivity contribution is 0.345. The molecule has 0 aliphatic heterocycles. The van der Waals surface area contributed by atoms with Gasteiger partial charge in [0, 0.05) is 0 Å². The lowest BCUT2D eigenvalue weighted by Crippen LogP contribution is -2.12. The van der Waals surface area contributed by atoms with Gasteiger partial charge in [0.2, 0.25) is 0 Å². The van der Waals surface area contributed by atoms with Crippen LogP contribution in [0.2, 0.25) is 0 Å². The van der Waals surface area contributed by atoms with Gasteiger partial charge in [-0.2, -0.15) is 0 Å². The van der Waals surface area contributed by atoms with Crippen LogP contribution in [0.25, 0.3) is 0 Å². The molecule has 0 nitrogen and oxygen atoms in total. The van der Waals surface area contributed by atoms with Crippen molar-refractivity contribution in [2.24, 2.45) is 23.7 Å². The quantitative estimate of drug-likeness (QED) is 0.199. The fraction of sp³-hybridized carbons (Fsp3) is 0.931. The Kier molecular flexibility index (Phi) is 15.2. The summed E-state index contributed by atoms with van der Waals surface area (Å²) < 4.78 is 0. The fourth-order valence-corrected chi connectivity index (χ4v) is 5.71. The van der Waals surface area contributed by atoms with Gasteiger partial charge in [-0.25, -0.2) is 0 Å². The summed E-state index contributed by atoms with van der Waals surface area (Å²) in [4.78, 5) is 0. The SMILES string of the molecule is CCCCC(CC)CC1=C(CC(CC)CCCC)C(CC(CC)CCCC)CC1. The first kappa shape index (κ1) is 26.8. The second-order valence-electron chi connectivity index (χ2n) is 10.3. The fourth-order valence-electron chi connectivity index (χ4n) is 5.71. The first-order valence-corrected chi connectivity index (χ1v) is 13.8. The summed E-state index contributed by atoms with van der Waals surface area (Å²) in [7, 11) is 0. The third-order valence-corrected chi connectivity index (χ3v) is 8.03. The molecule has 0 heteroatoms. The molecule has 0 heterocycles. The highest BCUT2D eigenvalue weighted by atomic mass is 14.3. The molecular formula is C29H56. The standard InChI is InChI=1S/C29H56/c1-7-13-16-24(10-4)21-27-19-20-28(22-25(11-5)17-14-8-2)29(27)23-26(12-6)18-15-9-3/h24-27H,7-23H2,1-6H3. The first-order chi connectivity index (χ1) is 14.1. The Morgan fingerprint density at radius 2 is 1.14 bits per heavy atom. The second kappa shape index (κ2) is 16.4. The van der Waals surface area contributed by atoms with Crippen LogP contribution in [-0.2, 0) is 0 Å². The maximum absolute atomic E-state index is 2.44. The maximum Gasteiger partial charge on any atom is -0.0195 e. The van der Waals surface area contributed by atoms with E-state index in [4.69, 9.17) is 0 Å².